The van der Waals surface area contributed by atoms with Crippen molar-refractivity contribution in [3.8, 4) is 5.75 Å². The van der Waals surface area contributed by atoms with E-state index in [9.17, 15) is 4.79 Å². The minimum Gasteiger partial charge on any atom is -0.489 e. The number of esters is 1. The molecule has 2 aromatic rings. The molecule has 2 aliphatic rings. The summed E-state index contributed by atoms with van der Waals surface area (Å²) in [5, 5.41) is 0. The lowest BCUT2D eigenvalue weighted by atomic mass is 9.86. The van der Waals surface area contributed by atoms with Crippen LogP contribution in [0.5, 0.6) is 5.75 Å². The predicted octanol–water partition coefficient (Wildman–Crippen LogP) is 6.33. The number of rotatable bonds is 7. The average molecular weight is 407 g/mol. The highest BCUT2D eigenvalue weighted by atomic mass is 16.5. The van der Waals surface area contributed by atoms with Crippen molar-refractivity contribution in [3.05, 3.63) is 64.7 Å². The second-order valence-electron chi connectivity index (χ2n) is 9.47. The number of benzene rings is 2. The summed E-state index contributed by atoms with van der Waals surface area (Å²) in [4.78, 5) is 11.8. The predicted molar refractivity (Wildman–Crippen MR) is 120 cm³/mol. The van der Waals surface area contributed by atoms with Crippen LogP contribution in [0.1, 0.15) is 80.5 Å². The van der Waals surface area contributed by atoms with Crippen LogP contribution in [0, 0.1) is 5.92 Å². The molecule has 1 atom stereocenters. The van der Waals surface area contributed by atoms with Crippen molar-refractivity contribution < 1.29 is 14.3 Å². The summed E-state index contributed by atoms with van der Waals surface area (Å²) in [7, 11) is 1.45. The molecule has 0 amide bonds. The molecule has 0 bridgehead atoms. The summed E-state index contributed by atoms with van der Waals surface area (Å²) in [6.45, 7) is 4.88. The average Bonchev–Trinajstić information content (AvgIpc) is 3.57. The SMILES string of the molecule is COC(=O)C[C@@H](c1ccc(OCc2ccc3c(c2)C2(CCCC3)CC2)cc1)C(C)C. The second-order valence-corrected chi connectivity index (χ2v) is 9.47. The fourth-order valence-electron chi connectivity index (χ4n) is 4.99. The molecule has 3 heteroatoms. The van der Waals surface area contributed by atoms with E-state index in [0.717, 1.165) is 11.3 Å². The van der Waals surface area contributed by atoms with Crippen LogP contribution < -0.4 is 4.74 Å². The van der Waals surface area contributed by atoms with E-state index in [2.05, 4.69) is 44.2 Å². The van der Waals surface area contributed by atoms with Crippen LogP contribution >= 0.6 is 0 Å². The molecule has 30 heavy (non-hydrogen) atoms. The number of aryl methyl sites for hydroxylation is 1. The fourth-order valence-corrected chi connectivity index (χ4v) is 4.99. The number of carbonyl (C=O) groups excluding carboxylic acids is 1. The number of carbonyl (C=O) groups is 1. The molecule has 0 unspecified atom stereocenters. The van der Waals surface area contributed by atoms with Gasteiger partial charge in [-0.1, -0.05) is 50.6 Å². The molecule has 0 heterocycles. The lowest BCUT2D eigenvalue weighted by molar-refractivity contribution is -0.141. The van der Waals surface area contributed by atoms with Gasteiger partial charge in [0.1, 0.15) is 12.4 Å². The molecule has 0 aromatic heterocycles. The third-order valence-corrected chi connectivity index (χ3v) is 7.08. The van der Waals surface area contributed by atoms with Crippen molar-refractivity contribution in [2.75, 3.05) is 7.11 Å². The van der Waals surface area contributed by atoms with Crippen LogP contribution in [0.25, 0.3) is 0 Å². The number of hydrogen-bond acceptors (Lipinski definition) is 3. The molecule has 160 valence electrons. The maximum Gasteiger partial charge on any atom is 0.306 e. The van der Waals surface area contributed by atoms with Crippen LogP contribution in [0.3, 0.4) is 0 Å². The van der Waals surface area contributed by atoms with Gasteiger partial charge in [-0.25, -0.2) is 0 Å². The van der Waals surface area contributed by atoms with Crippen LogP contribution in [0.4, 0.5) is 0 Å². The lowest BCUT2D eigenvalue weighted by Crippen LogP contribution is -2.13. The summed E-state index contributed by atoms with van der Waals surface area (Å²) in [5.41, 5.74) is 6.05. The Kier molecular flexibility index (Phi) is 6.17. The van der Waals surface area contributed by atoms with Crippen molar-refractivity contribution in [3.63, 3.8) is 0 Å². The maximum absolute atomic E-state index is 11.8. The third-order valence-electron chi connectivity index (χ3n) is 7.08. The Hall–Kier alpha value is -2.29. The molecule has 0 saturated heterocycles. The summed E-state index contributed by atoms with van der Waals surface area (Å²) in [5.74, 6) is 1.23. The van der Waals surface area contributed by atoms with Gasteiger partial charge in [0, 0.05) is 0 Å². The van der Waals surface area contributed by atoms with Gasteiger partial charge < -0.3 is 9.47 Å². The zero-order chi connectivity index (χ0) is 21.1. The number of fused-ring (bicyclic) bond motifs is 2. The molecule has 1 fully saturated rings. The second kappa shape index (κ2) is 8.83. The van der Waals surface area contributed by atoms with Crippen LogP contribution in [0.15, 0.2) is 42.5 Å². The van der Waals surface area contributed by atoms with Crippen molar-refractivity contribution in [2.24, 2.45) is 5.92 Å². The molecular weight excluding hydrogens is 372 g/mol. The largest absolute Gasteiger partial charge is 0.489 e. The van der Waals surface area contributed by atoms with E-state index in [4.69, 9.17) is 9.47 Å². The molecule has 1 spiro atoms. The number of ether oxygens (including phenoxy) is 2. The smallest absolute Gasteiger partial charge is 0.306 e. The van der Waals surface area contributed by atoms with Crippen LogP contribution in [0.2, 0.25) is 0 Å². The van der Waals surface area contributed by atoms with Gasteiger partial charge in [0.15, 0.2) is 0 Å². The Morgan fingerprint density at radius 1 is 1.03 bits per heavy atom. The van der Waals surface area contributed by atoms with Gasteiger partial charge in [0.05, 0.1) is 13.5 Å². The number of hydrogen-bond donors (Lipinski definition) is 0. The van der Waals surface area contributed by atoms with Gasteiger partial charge in [-0.2, -0.15) is 0 Å². The first-order valence-corrected chi connectivity index (χ1v) is 11.4. The van der Waals surface area contributed by atoms with Gasteiger partial charge in [-0.3, -0.25) is 4.79 Å². The van der Waals surface area contributed by atoms with Gasteiger partial charge >= 0.3 is 5.97 Å². The molecule has 0 N–H and O–H groups in total. The highest BCUT2D eigenvalue weighted by Gasteiger charge is 2.45. The van der Waals surface area contributed by atoms with Crippen molar-refractivity contribution in [1.82, 2.24) is 0 Å². The molecule has 3 nitrogen and oxygen atoms in total. The van der Waals surface area contributed by atoms with Crippen molar-refractivity contribution >= 4 is 5.97 Å². The first kappa shape index (κ1) is 21.0. The van der Waals surface area contributed by atoms with E-state index >= 15 is 0 Å². The lowest BCUT2D eigenvalue weighted by Gasteiger charge is -2.20. The van der Waals surface area contributed by atoms with Crippen LogP contribution in [-0.4, -0.2) is 13.1 Å². The maximum atomic E-state index is 11.8. The minimum atomic E-state index is -0.161. The molecule has 0 radical (unpaired) electrons. The monoisotopic (exact) mass is 406 g/mol. The fraction of sp³-hybridized carbons (Fsp3) is 0.519. The standard InChI is InChI=1S/C27H34O3/c1-19(2)24(17-26(28)29-3)21-9-11-23(12-10-21)30-18-20-7-8-22-6-4-5-13-27(14-15-27)25(22)16-20/h7-12,16,19,24H,4-6,13-15,17-18H2,1-3H3/t24-/m1/s1. The molecule has 1 saturated carbocycles. The summed E-state index contributed by atoms with van der Waals surface area (Å²) < 4.78 is 11.0. The first-order valence-electron chi connectivity index (χ1n) is 11.4. The normalized spacial score (nSPS) is 17.9. The van der Waals surface area contributed by atoms with Gasteiger partial charge in [-0.15, -0.1) is 0 Å². The Labute approximate surface area is 180 Å². The third kappa shape index (κ3) is 4.55. The van der Waals surface area contributed by atoms with E-state index in [-0.39, 0.29) is 11.9 Å². The van der Waals surface area contributed by atoms with E-state index in [1.807, 2.05) is 12.1 Å². The molecule has 2 aliphatic carbocycles. The molecule has 4 rings (SSSR count). The van der Waals surface area contributed by atoms with Crippen molar-refractivity contribution in [2.45, 2.75) is 76.7 Å². The van der Waals surface area contributed by atoms with E-state index in [1.165, 1.54) is 51.2 Å². The van der Waals surface area contributed by atoms with Gasteiger partial charge in [0.2, 0.25) is 0 Å². The Morgan fingerprint density at radius 2 is 1.80 bits per heavy atom. The highest BCUT2D eigenvalue weighted by molar-refractivity contribution is 5.70. The minimum absolute atomic E-state index is 0.158. The quantitative estimate of drug-likeness (QED) is 0.504. The zero-order valence-electron chi connectivity index (χ0n) is 18.6. The molecule has 0 aliphatic heterocycles. The Balaban J connectivity index is 1.42. The molecule has 2 aromatic carbocycles. The van der Waals surface area contributed by atoms with Gasteiger partial charge in [-0.05, 0) is 83.7 Å². The van der Waals surface area contributed by atoms with E-state index in [0.29, 0.717) is 24.4 Å². The van der Waals surface area contributed by atoms with Crippen LogP contribution in [-0.2, 0) is 28.0 Å². The van der Waals surface area contributed by atoms with E-state index in [1.54, 1.807) is 11.1 Å². The van der Waals surface area contributed by atoms with E-state index < -0.39 is 0 Å². The summed E-state index contributed by atoms with van der Waals surface area (Å²) in [6.07, 6.45) is 8.38. The first-order chi connectivity index (χ1) is 14.5. The topological polar surface area (TPSA) is 35.5 Å². The number of methoxy groups -OCH3 is 1. The van der Waals surface area contributed by atoms with Crippen molar-refractivity contribution in [1.29, 1.82) is 0 Å². The molecular formula is C27H34O3. The van der Waals surface area contributed by atoms with Gasteiger partial charge in [0.25, 0.3) is 0 Å². The zero-order valence-corrected chi connectivity index (χ0v) is 18.6. The Morgan fingerprint density at radius 3 is 2.47 bits per heavy atom. The summed E-state index contributed by atoms with van der Waals surface area (Å²) in [6, 6.07) is 15.2. The highest BCUT2D eigenvalue weighted by Crippen LogP contribution is 2.54. The Bertz CT molecular complexity index is 877. The summed E-state index contributed by atoms with van der Waals surface area (Å²) >= 11 is 0.